The van der Waals surface area contributed by atoms with Crippen LogP contribution in [0.1, 0.15) is 0 Å². The van der Waals surface area contributed by atoms with Crippen LogP contribution in [0.15, 0.2) is 37.0 Å². The van der Waals surface area contributed by atoms with Gasteiger partial charge in [-0.3, -0.25) is 0 Å². The lowest BCUT2D eigenvalue weighted by Gasteiger charge is -1.99. The van der Waals surface area contributed by atoms with Gasteiger partial charge in [0.05, 0.1) is 19.8 Å². The highest BCUT2D eigenvalue weighted by molar-refractivity contribution is 5.18. The monoisotopic (exact) mass is 154 g/mol. The second-order valence-corrected chi connectivity index (χ2v) is 2.03. The van der Waals surface area contributed by atoms with E-state index in [1.54, 1.807) is 12.2 Å². The van der Waals surface area contributed by atoms with Crippen molar-refractivity contribution in [2.75, 3.05) is 19.8 Å². The van der Waals surface area contributed by atoms with E-state index in [2.05, 4.69) is 13.2 Å². The van der Waals surface area contributed by atoms with Crippen LogP contribution < -0.4 is 0 Å². The molecular formula is C9H14O2. The average Bonchev–Trinajstić information content (AvgIpc) is 2.01. The van der Waals surface area contributed by atoms with E-state index in [9.17, 15) is 0 Å². The van der Waals surface area contributed by atoms with Crippen molar-refractivity contribution in [1.82, 2.24) is 0 Å². The van der Waals surface area contributed by atoms with E-state index in [0.29, 0.717) is 13.2 Å². The minimum absolute atomic E-state index is 0.0540. The zero-order valence-corrected chi connectivity index (χ0v) is 6.62. The average molecular weight is 154 g/mol. The van der Waals surface area contributed by atoms with E-state index in [4.69, 9.17) is 9.84 Å². The van der Waals surface area contributed by atoms with Crippen molar-refractivity contribution < 1.29 is 9.84 Å². The van der Waals surface area contributed by atoms with Crippen LogP contribution in [0.4, 0.5) is 0 Å². The van der Waals surface area contributed by atoms with Gasteiger partial charge >= 0.3 is 0 Å². The third-order valence-corrected chi connectivity index (χ3v) is 0.991. The first-order chi connectivity index (χ1) is 5.31. The third kappa shape index (κ3) is 7.03. The van der Waals surface area contributed by atoms with Crippen molar-refractivity contribution in [2.24, 2.45) is 0 Å². The van der Waals surface area contributed by atoms with E-state index in [1.165, 1.54) is 0 Å². The molecule has 0 rings (SSSR count). The van der Waals surface area contributed by atoms with Gasteiger partial charge in [-0.05, 0) is 5.57 Å². The Bertz CT molecular complexity index is 148. The molecule has 0 unspecified atom stereocenters. The highest BCUT2D eigenvalue weighted by Crippen LogP contribution is 1.93. The van der Waals surface area contributed by atoms with Crippen LogP contribution in [0.3, 0.4) is 0 Å². The second kappa shape index (κ2) is 7.25. The largest absolute Gasteiger partial charge is 0.394 e. The first-order valence-electron chi connectivity index (χ1n) is 3.46. The molecule has 0 aromatic carbocycles. The van der Waals surface area contributed by atoms with Gasteiger partial charge in [-0.2, -0.15) is 0 Å². The lowest BCUT2D eigenvalue weighted by atomic mass is 10.3. The minimum atomic E-state index is 0.0540. The molecule has 0 spiro atoms. The standard InChI is InChI=1S/C9H14O2/c1-3-4-5-9(2)8-11-7-6-10/h3-5,10H,1-2,6-8H2/b5-4-. The lowest BCUT2D eigenvalue weighted by molar-refractivity contribution is 0.109. The topological polar surface area (TPSA) is 29.5 Å². The van der Waals surface area contributed by atoms with Crippen LogP contribution in [0.2, 0.25) is 0 Å². The maximum Gasteiger partial charge on any atom is 0.0712 e. The number of aliphatic hydroxyl groups excluding tert-OH is 1. The summed E-state index contributed by atoms with van der Waals surface area (Å²) in [6.07, 6.45) is 5.30. The molecule has 0 fully saturated rings. The maximum absolute atomic E-state index is 8.37. The van der Waals surface area contributed by atoms with Crippen molar-refractivity contribution in [3.05, 3.63) is 37.0 Å². The molecule has 0 atom stereocenters. The van der Waals surface area contributed by atoms with Crippen LogP contribution >= 0.6 is 0 Å². The molecule has 62 valence electrons. The van der Waals surface area contributed by atoms with Gasteiger partial charge in [-0.15, -0.1) is 0 Å². The van der Waals surface area contributed by atoms with Gasteiger partial charge in [-0.1, -0.05) is 31.4 Å². The molecule has 0 radical (unpaired) electrons. The summed E-state index contributed by atoms with van der Waals surface area (Å²) in [5.41, 5.74) is 0.873. The Morgan fingerprint density at radius 1 is 1.55 bits per heavy atom. The molecule has 2 heteroatoms. The van der Waals surface area contributed by atoms with Gasteiger partial charge in [0.2, 0.25) is 0 Å². The zero-order chi connectivity index (χ0) is 8.53. The molecule has 0 saturated heterocycles. The SMILES string of the molecule is C=C/C=C\C(=C)COCCO. The summed E-state index contributed by atoms with van der Waals surface area (Å²) in [6, 6.07) is 0. The normalized spacial score (nSPS) is 10.3. The molecule has 0 saturated carbocycles. The van der Waals surface area contributed by atoms with Crippen LogP contribution in [0, 0.1) is 0 Å². The van der Waals surface area contributed by atoms with E-state index in [-0.39, 0.29) is 6.61 Å². The van der Waals surface area contributed by atoms with Crippen molar-refractivity contribution in [1.29, 1.82) is 0 Å². The smallest absolute Gasteiger partial charge is 0.0712 e. The predicted molar refractivity (Wildman–Crippen MR) is 46.4 cm³/mol. The molecule has 0 aromatic rings. The van der Waals surface area contributed by atoms with Gasteiger partial charge in [0.1, 0.15) is 0 Å². The molecule has 2 nitrogen and oxygen atoms in total. The number of ether oxygens (including phenoxy) is 1. The third-order valence-electron chi connectivity index (χ3n) is 0.991. The van der Waals surface area contributed by atoms with Crippen LogP contribution in [-0.4, -0.2) is 24.9 Å². The molecule has 0 amide bonds. The zero-order valence-electron chi connectivity index (χ0n) is 6.62. The van der Waals surface area contributed by atoms with E-state index in [0.717, 1.165) is 5.57 Å². The summed E-state index contributed by atoms with van der Waals surface area (Å²) in [5.74, 6) is 0. The Morgan fingerprint density at radius 2 is 2.27 bits per heavy atom. The summed E-state index contributed by atoms with van der Waals surface area (Å²) in [7, 11) is 0. The lowest BCUT2D eigenvalue weighted by Crippen LogP contribution is -2.01. The van der Waals surface area contributed by atoms with Crippen molar-refractivity contribution >= 4 is 0 Å². The maximum atomic E-state index is 8.37. The fourth-order valence-electron chi connectivity index (χ4n) is 0.520. The molecule has 0 aliphatic heterocycles. The first-order valence-corrected chi connectivity index (χ1v) is 3.46. The molecule has 0 aliphatic rings. The van der Waals surface area contributed by atoms with Crippen molar-refractivity contribution in [2.45, 2.75) is 0 Å². The van der Waals surface area contributed by atoms with Gasteiger partial charge in [0.15, 0.2) is 0 Å². The highest BCUT2D eigenvalue weighted by atomic mass is 16.5. The van der Waals surface area contributed by atoms with Gasteiger partial charge < -0.3 is 9.84 Å². The number of rotatable bonds is 6. The first kappa shape index (κ1) is 10.1. The predicted octanol–water partition coefficient (Wildman–Crippen LogP) is 1.29. The van der Waals surface area contributed by atoms with E-state index < -0.39 is 0 Å². The molecule has 0 heterocycles. The molecular weight excluding hydrogens is 140 g/mol. The second-order valence-electron chi connectivity index (χ2n) is 2.03. The van der Waals surface area contributed by atoms with Crippen molar-refractivity contribution in [3.63, 3.8) is 0 Å². The van der Waals surface area contributed by atoms with Crippen molar-refractivity contribution in [3.8, 4) is 0 Å². The van der Waals surface area contributed by atoms with Gasteiger partial charge in [0.25, 0.3) is 0 Å². The summed E-state index contributed by atoms with van der Waals surface area (Å²) in [4.78, 5) is 0. The fourth-order valence-corrected chi connectivity index (χ4v) is 0.520. The molecule has 0 bridgehead atoms. The Labute approximate surface area is 67.5 Å². The highest BCUT2D eigenvalue weighted by Gasteiger charge is 1.87. The Balaban J connectivity index is 3.37. The summed E-state index contributed by atoms with van der Waals surface area (Å²) in [6.45, 7) is 8.12. The van der Waals surface area contributed by atoms with Crippen LogP contribution in [-0.2, 0) is 4.74 Å². The Kier molecular flexibility index (Phi) is 6.68. The van der Waals surface area contributed by atoms with Crippen LogP contribution in [0.25, 0.3) is 0 Å². The molecule has 0 aliphatic carbocycles. The quantitative estimate of drug-likeness (QED) is 0.461. The number of hydrogen-bond donors (Lipinski definition) is 1. The molecule has 1 N–H and O–H groups in total. The fraction of sp³-hybridized carbons (Fsp3) is 0.333. The minimum Gasteiger partial charge on any atom is -0.394 e. The number of allylic oxidation sites excluding steroid dienone is 2. The Hall–Kier alpha value is -0.860. The summed E-state index contributed by atoms with van der Waals surface area (Å²) < 4.78 is 5.01. The van der Waals surface area contributed by atoms with Gasteiger partial charge in [0, 0.05) is 0 Å². The number of hydrogen-bond acceptors (Lipinski definition) is 2. The summed E-state index contributed by atoms with van der Waals surface area (Å²) in [5, 5.41) is 8.37. The van der Waals surface area contributed by atoms with E-state index >= 15 is 0 Å². The Morgan fingerprint density at radius 3 is 2.82 bits per heavy atom. The van der Waals surface area contributed by atoms with Crippen LogP contribution in [0.5, 0.6) is 0 Å². The number of aliphatic hydroxyl groups is 1. The summed E-state index contributed by atoms with van der Waals surface area (Å²) >= 11 is 0. The van der Waals surface area contributed by atoms with E-state index in [1.807, 2.05) is 6.08 Å². The molecule has 0 aromatic heterocycles. The molecule has 11 heavy (non-hydrogen) atoms. The van der Waals surface area contributed by atoms with Gasteiger partial charge in [-0.25, -0.2) is 0 Å².